The third kappa shape index (κ3) is 7.89. The molecule has 0 radical (unpaired) electrons. The number of carboxylic acids is 2. The minimum atomic E-state index is -1.26. The van der Waals surface area contributed by atoms with Gasteiger partial charge >= 0.3 is 11.9 Å². The second kappa shape index (κ2) is 10.6. The Bertz CT molecular complexity index is 527. The molecule has 24 heavy (non-hydrogen) atoms. The van der Waals surface area contributed by atoms with E-state index in [1.165, 1.54) is 24.8 Å². The van der Waals surface area contributed by atoms with Crippen LogP contribution in [0, 0.1) is 0 Å². The van der Waals surface area contributed by atoms with Crippen LogP contribution in [0.25, 0.3) is 0 Å². The van der Waals surface area contributed by atoms with Gasteiger partial charge in [0.15, 0.2) is 0 Å². The SMILES string of the molecule is CN(C)[C@H]1CCC[C@@H]1NCc1ccccc1.O=C(O)/C=C\C(=O)O. The highest BCUT2D eigenvalue weighted by molar-refractivity contribution is 5.89. The van der Waals surface area contributed by atoms with E-state index >= 15 is 0 Å². The van der Waals surface area contributed by atoms with Crippen molar-refractivity contribution in [1.82, 2.24) is 10.2 Å². The zero-order chi connectivity index (χ0) is 17.9. The lowest BCUT2D eigenvalue weighted by Crippen LogP contribution is -2.43. The van der Waals surface area contributed by atoms with Crippen LogP contribution in [0.5, 0.6) is 0 Å². The molecule has 0 spiro atoms. The molecule has 6 heteroatoms. The lowest BCUT2D eigenvalue weighted by molar-refractivity contribution is -0.134. The van der Waals surface area contributed by atoms with Crippen molar-refractivity contribution in [3.63, 3.8) is 0 Å². The van der Waals surface area contributed by atoms with Crippen LogP contribution in [0.2, 0.25) is 0 Å². The van der Waals surface area contributed by atoms with Crippen LogP contribution < -0.4 is 5.32 Å². The maximum absolute atomic E-state index is 9.55. The Morgan fingerprint density at radius 1 is 1.12 bits per heavy atom. The average molecular weight is 334 g/mol. The van der Waals surface area contributed by atoms with Gasteiger partial charge in [0.1, 0.15) is 0 Å². The number of aliphatic carboxylic acids is 2. The van der Waals surface area contributed by atoms with Crippen molar-refractivity contribution in [2.45, 2.75) is 37.9 Å². The Morgan fingerprint density at radius 3 is 2.21 bits per heavy atom. The van der Waals surface area contributed by atoms with Gasteiger partial charge in [-0.2, -0.15) is 0 Å². The maximum atomic E-state index is 9.55. The van der Waals surface area contributed by atoms with Gasteiger partial charge in [-0.3, -0.25) is 0 Å². The number of carbonyl (C=O) groups is 2. The molecule has 1 aromatic rings. The molecule has 0 heterocycles. The highest BCUT2D eigenvalue weighted by Gasteiger charge is 2.27. The summed E-state index contributed by atoms with van der Waals surface area (Å²) >= 11 is 0. The average Bonchev–Trinajstić information content (AvgIpc) is 3.01. The lowest BCUT2D eigenvalue weighted by atomic mass is 10.1. The van der Waals surface area contributed by atoms with Crippen LogP contribution >= 0.6 is 0 Å². The van der Waals surface area contributed by atoms with E-state index in [2.05, 4.69) is 54.6 Å². The van der Waals surface area contributed by atoms with Crippen LogP contribution in [-0.2, 0) is 16.1 Å². The van der Waals surface area contributed by atoms with Crippen molar-refractivity contribution in [2.75, 3.05) is 14.1 Å². The summed E-state index contributed by atoms with van der Waals surface area (Å²) in [7, 11) is 4.38. The van der Waals surface area contributed by atoms with Crippen molar-refractivity contribution in [1.29, 1.82) is 0 Å². The summed E-state index contributed by atoms with van der Waals surface area (Å²) < 4.78 is 0. The normalized spacial score (nSPS) is 20.0. The summed E-state index contributed by atoms with van der Waals surface area (Å²) in [6.45, 7) is 0.996. The first-order valence-corrected chi connectivity index (χ1v) is 7.98. The van der Waals surface area contributed by atoms with Gasteiger partial charge in [0, 0.05) is 30.8 Å². The molecule has 1 fully saturated rings. The number of hydrogen-bond donors (Lipinski definition) is 3. The maximum Gasteiger partial charge on any atom is 0.328 e. The summed E-state index contributed by atoms with van der Waals surface area (Å²) in [5.74, 6) is -2.51. The zero-order valence-corrected chi connectivity index (χ0v) is 14.2. The Morgan fingerprint density at radius 2 is 1.71 bits per heavy atom. The molecule has 3 N–H and O–H groups in total. The molecule has 1 aromatic carbocycles. The Balaban J connectivity index is 0.000000307. The standard InChI is InChI=1S/C14H22N2.C4H4O4/c1-16(2)14-10-6-9-13(14)15-11-12-7-4-3-5-8-12;5-3(6)1-2-4(7)8/h3-5,7-8,13-15H,6,9-11H2,1-2H3;1-2H,(H,5,6)(H,7,8)/b;2-1-/t13-,14-;/m0./s1. The van der Waals surface area contributed by atoms with E-state index in [0.29, 0.717) is 24.2 Å². The van der Waals surface area contributed by atoms with E-state index in [4.69, 9.17) is 10.2 Å². The molecule has 0 aromatic heterocycles. The van der Waals surface area contributed by atoms with E-state index in [1.54, 1.807) is 0 Å². The monoisotopic (exact) mass is 334 g/mol. The number of nitrogens with zero attached hydrogens (tertiary/aromatic N) is 1. The molecule has 1 aliphatic rings. The molecule has 0 amide bonds. The van der Waals surface area contributed by atoms with Crippen molar-refractivity contribution >= 4 is 11.9 Å². The van der Waals surface area contributed by atoms with Crippen LogP contribution in [0.4, 0.5) is 0 Å². The first-order valence-electron chi connectivity index (χ1n) is 7.98. The molecule has 2 rings (SSSR count). The summed E-state index contributed by atoms with van der Waals surface area (Å²) in [6, 6.07) is 12.0. The molecule has 0 aliphatic heterocycles. The second-order valence-electron chi connectivity index (χ2n) is 5.94. The molecular formula is C18H26N2O4. The van der Waals surface area contributed by atoms with E-state index in [0.717, 1.165) is 6.54 Å². The van der Waals surface area contributed by atoms with Crippen LogP contribution in [-0.4, -0.2) is 53.2 Å². The molecule has 0 bridgehead atoms. The van der Waals surface area contributed by atoms with Crippen molar-refractivity contribution in [2.24, 2.45) is 0 Å². The molecule has 6 nitrogen and oxygen atoms in total. The van der Waals surface area contributed by atoms with Gasteiger partial charge in [-0.05, 0) is 32.5 Å². The number of likely N-dealkylation sites (N-methyl/N-ethyl adjacent to an activating group) is 1. The molecular weight excluding hydrogens is 308 g/mol. The second-order valence-corrected chi connectivity index (χ2v) is 5.94. The quantitative estimate of drug-likeness (QED) is 0.689. The fourth-order valence-electron chi connectivity index (χ4n) is 2.78. The molecule has 0 saturated heterocycles. The smallest absolute Gasteiger partial charge is 0.328 e. The van der Waals surface area contributed by atoms with Crippen LogP contribution in [0.3, 0.4) is 0 Å². The Kier molecular flexibility index (Phi) is 8.75. The minimum absolute atomic E-state index is 0.558. The predicted octanol–water partition coefficient (Wildman–Crippen LogP) is 1.97. The molecule has 1 saturated carbocycles. The van der Waals surface area contributed by atoms with Crippen molar-refractivity contribution in [3.8, 4) is 0 Å². The van der Waals surface area contributed by atoms with E-state index in [1.807, 2.05) is 0 Å². The largest absolute Gasteiger partial charge is 0.478 e. The minimum Gasteiger partial charge on any atom is -0.478 e. The number of nitrogens with one attached hydrogen (secondary N) is 1. The van der Waals surface area contributed by atoms with Gasteiger partial charge < -0.3 is 20.4 Å². The Hall–Kier alpha value is -2.18. The van der Waals surface area contributed by atoms with Gasteiger partial charge in [-0.15, -0.1) is 0 Å². The van der Waals surface area contributed by atoms with E-state index in [9.17, 15) is 9.59 Å². The lowest BCUT2D eigenvalue weighted by Gasteiger charge is -2.27. The first kappa shape index (κ1) is 19.9. The van der Waals surface area contributed by atoms with Crippen molar-refractivity contribution < 1.29 is 19.8 Å². The fraction of sp³-hybridized carbons (Fsp3) is 0.444. The van der Waals surface area contributed by atoms with Crippen LogP contribution in [0.15, 0.2) is 42.5 Å². The molecule has 132 valence electrons. The first-order chi connectivity index (χ1) is 11.4. The topological polar surface area (TPSA) is 89.9 Å². The number of hydrogen-bond acceptors (Lipinski definition) is 4. The Labute approximate surface area is 142 Å². The van der Waals surface area contributed by atoms with Gasteiger partial charge in [-0.25, -0.2) is 9.59 Å². The molecule has 2 atom stereocenters. The van der Waals surface area contributed by atoms with Crippen LogP contribution in [0.1, 0.15) is 24.8 Å². The highest BCUT2D eigenvalue weighted by Crippen LogP contribution is 2.22. The number of rotatable bonds is 6. The number of carboxylic acid groups (broad SMARTS) is 2. The summed E-state index contributed by atoms with van der Waals surface area (Å²) in [6.07, 6.45) is 5.12. The van der Waals surface area contributed by atoms with Crippen molar-refractivity contribution in [3.05, 3.63) is 48.0 Å². The number of benzene rings is 1. The molecule has 0 unspecified atom stereocenters. The van der Waals surface area contributed by atoms with E-state index < -0.39 is 11.9 Å². The zero-order valence-electron chi connectivity index (χ0n) is 14.2. The summed E-state index contributed by atoms with van der Waals surface area (Å²) in [5.41, 5.74) is 1.38. The van der Waals surface area contributed by atoms with Gasteiger partial charge in [0.05, 0.1) is 0 Å². The fourth-order valence-corrected chi connectivity index (χ4v) is 2.78. The van der Waals surface area contributed by atoms with Gasteiger partial charge in [0.25, 0.3) is 0 Å². The highest BCUT2D eigenvalue weighted by atomic mass is 16.4. The van der Waals surface area contributed by atoms with Gasteiger partial charge in [-0.1, -0.05) is 36.8 Å². The van der Waals surface area contributed by atoms with Gasteiger partial charge in [0.2, 0.25) is 0 Å². The molecule has 1 aliphatic carbocycles. The third-order valence-corrected chi connectivity index (χ3v) is 3.92. The summed E-state index contributed by atoms with van der Waals surface area (Å²) in [5, 5.41) is 19.3. The third-order valence-electron chi connectivity index (χ3n) is 3.92. The van der Waals surface area contributed by atoms with E-state index in [-0.39, 0.29) is 0 Å². The summed E-state index contributed by atoms with van der Waals surface area (Å²) in [4.78, 5) is 21.5. The predicted molar refractivity (Wildman–Crippen MR) is 92.8 cm³/mol.